The lowest BCUT2D eigenvalue weighted by Gasteiger charge is -2.15. The number of aromatic nitrogens is 3. The highest BCUT2D eigenvalue weighted by Gasteiger charge is 2.18. The molecule has 0 aliphatic carbocycles. The second kappa shape index (κ2) is 5.88. The highest BCUT2D eigenvalue weighted by molar-refractivity contribution is 5.85. The van der Waals surface area contributed by atoms with Crippen molar-refractivity contribution >= 4 is 0 Å². The predicted molar refractivity (Wildman–Crippen MR) is 89.6 cm³/mol. The summed E-state index contributed by atoms with van der Waals surface area (Å²) in [6, 6.07) is 8.57. The zero-order valence-corrected chi connectivity index (χ0v) is 13.7. The molecule has 0 bridgehead atoms. The standard InChI is InChI=1S/C19H18FN3/c1-11-9-12(2)19(21-10-11)18-14(4)23-22-13(3)17(18)15-5-7-16(20)8-6-15/h5-10H,1-4H3. The van der Waals surface area contributed by atoms with Crippen LogP contribution in [0.1, 0.15) is 22.5 Å². The number of hydrogen-bond donors (Lipinski definition) is 0. The molecule has 3 rings (SSSR count). The first kappa shape index (κ1) is 15.3. The van der Waals surface area contributed by atoms with Crippen molar-refractivity contribution < 1.29 is 4.39 Å². The van der Waals surface area contributed by atoms with Crippen molar-refractivity contribution in [2.24, 2.45) is 0 Å². The quantitative estimate of drug-likeness (QED) is 0.695. The zero-order chi connectivity index (χ0) is 16.6. The summed E-state index contributed by atoms with van der Waals surface area (Å²) < 4.78 is 13.3. The summed E-state index contributed by atoms with van der Waals surface area (Å²) in [6.45, 7) is 7.90. The van der Waals surface area contributed by atoms with E-state index in [1.807, 2.05) is 33.9 Å². The first-order valence-electron chi connectivity index (χ1n) is 7.51. The minimum absolute atomic E-state index is 0.253. The number of nitrogens with zero attached hydrogens (tertiary/aromatic N) is 3. The number of rotatable bonds is 2. The molecule has 0 atom stereocenters. The van der Waals surface area contributed by atoms with E-state index in [-0.39, 0.29) is 5.82 Å². The van der Waals surface area contributed by atoms with E-state index in [1.165, 1.54) is 12.1 Å². The highest BCUT2D eigenvalue weighted by atomic mass is 19.1. The lowest BCUT2D eigenvalue weighted by atomic mass is 9.93. The van der Waals surface area contributed by atoms with Gasteiger partial charge in [0.15, 0.2) is 0 Å². The van der Waals surface area contributed by atoms with Gasteiger partial charge in [-0.1, -0.05) is 18.2 Å². The van der Waals surface area contributed by atoms with Crippen molar-refractivity contribution in [3.05, 3.63) is 64.9 Å². The third-order valence-corrected chi connectivity index (χ3v) is 3.91. The molecule has 0 unspecified atom stereocenters. The molecule has 0 aliphatic rings. The molecule has 0 aliphatic heterocycles. The lowest BCUT2D eigenvalue weighted by molar-refractivity contribution is 0.628. The molecule has 3 nitrogen and oxygen atoms in total. The van der Waals surface area contributed by atoms with Gasteiger partial charge in [0.2, 0.25) is 0 Å². The molecule has 0 spiro atoms. The van der Waals surface area contributed by atoms with Crippen LogP contribution in [0.25, 0.3) is 22.4 Å². The normalized spacial score (nSPS) is 10.8. The lowest BCUT2D eigenvalue weighted by Crippen LogP contribution is -2.02. The van der Waals surface area contributed by atoms with Gasteiger partial charge in [-0.05, 0) is 56.5 Å². The van der Waals surface area contributed by atoms with E-state index in [1.54, 1.807) is 12.1 Å². The fraction of sp³-hybridized carbons (Fsp3) is 0.211. The summed E-state index contributed by atoms with van der Waals surface area (Å²) in [7, 11) is 0. The van der Waals surface area contributed by atoms with E-state index in [0.717, 1.165) is 44.9 Å². The molecule has 0 amide bonds. The molecule has 4 heteroatoms. The Morgan fingerprint density at radius 1 is 0.826 bits per heavy atom. The number of benzene rings is 1. The van der Waals surface area contributed by atoms with Gasteiger partial charge in [0.25, 0.3) is 0 Å². The Morgan fingerprint density at radius 3 is 2.04 bits per heavy atom. The average Bonchev–Trinajstić information content (AvgIpc) is 2.51. The Bertz CT molecular complexity index is 871. The Morgan fingerprint density at radius 2 is 1.43 bits per heavy atom. The molecule has 2 aromatic heterocycles. The molecule has 2 heterocycles. The highest BCUT2D eigenvalue weighted by Crippen LogP contribution is 2.36. The molecule has 116 valence electrons. The molecule has 0 N–H and O–H groups in total. The number of hydrogen-bond acceptors (Lipinski definition) is 3. The van der Waals surface area contributed by atoms with E-state index in [0.29, 0.717) is 0 Å². The molecule has 0 radical (unpaired) electrons. The van der Waals surface area contributed by atoms with Crippen LogP contribution >= 0.6 is 0 Å². The fourth-order valence-electron chi connectivity index (χ4n) is 2.85. The van der Waals surface area contributed by atoms with Gasteiger partial charge in [-0.15, -0.1) is 0 Å². The molecule has 23 heavy (non-hydrogen) atoms. The minimum Gasteiger partial charge on any atom is -0.256 e. The van der Waals surface area contributed by atoms with E-state index >= 15 is 0 Å². The van der Waals surface area contributed by atoms with Crippen LogP contribution in [0.3, 0.4) is 0 Å². The maximum Gasteiger partial charge on any atom is 0.123 e. The summed E-state index contributed by atoms with van der Waals surface area (Å²) in [5, 5.41) is 8.50. The summed E-state index contributed by atoms with van der Waals surface area (Å²) in [5.41, 5.74) is 7.55. The molecular weight excluding hydrogens is 289 g/mol. The summed E-state index contributed by atoms with van der Waals surface area (Å²) in [5.74, 6) is -0.253. The van der Waals surface area contributed by atoms with Gasteiger partial charge in [-0.2, -0.15) is 10.2 Å². The van der Waals surface area contributed by atoms with Crippen LogP contribution in [0.2, 0.25) is 0 Å². The largest absolute Gasteiger partial charge is 0.256 e. The zero-order valence-electron chi connectivity index (χ0n) is 13.7. The van der Waals surface area contributed by atoms with Crippen LogP contribution in [-0.4, -0.2) is 15.2 Å². The Hall–Kier alpha value is -2.62. The third-order valence-electron chi connectivity index (χ3n) is 3.91. The van der Waals surface area contributed by atoms with Crippen LogP contribution in [0, 0.1) is 33.5 Å². The van der Waals surface area contributed by atoms with Crippen LogP contribution in [0.5, 0.6) is 0 Å². The van der Waals surface area contributed by atoms with Gasteiger partial charge in [-0.3, -0.25) is 4.98 Å². The van der Waals surface area contributed by atoms with Gasteiger partial charge in [0.1, 0.15) is 5.82 Å². The van der Waals surface area contributed by atoms with Gasteiger partial charge >= 0.3 is 0 Å². The van der Waals surface area contributed by atoms with Crippen LogP contribution < -0.4 is 0 Å². The van der Waals surface area contributed by atoms with Crippen molar-refractivity contribution in [1.82, 2.24) is 15.2 Å². The Labute approximate surface area is 135 Å². The maximum absolute atomic E-state index is 13.3. The molecule has 0 saturated carbocycles. The molecule has 0 fully saturated rings. The van der Waals surface area contributed by atoms with Gasteiger partial charge in [0, 0.05) is 17.3 Å². The van der Waals surface area contributed by atoms with E-state index in [4.69, 9.17) is 0 Å². The summed E-state index contributed by atoms with van der Waals surface area (Å²) >= 11 is 0. The predicted octanol–water partition coefficient (Wildman–Crippen LogP) is 4.58. The topological polar surface area (TPSA) is 38.7 Å². The van der Waals surface area contributed by atoms with Crippen molar-refractivity contribution in [3.8, 4) is 22.4 Å². The third kappa shape index (κ3) is 2.84. The maximum atomic E-state index is 13.3. The second-order valence-corrected chi connectivity index (χ2v) is 5.81. The smallest absolute Gasteiger partial charge is 0.123 e. The van der Waals surface area contributed by atoms with Gasteiger partial charge in [-0.25, -0.2) is 4.39 Å². The van der Waals surface area contributed by atoms with Crippen LogP contribution in [0.15, 0.2) is 36.5 Å². The fourth-order valence-corrected chi connectivity index (χ4v) is 2.85. The van der Waals surface area contributed by atoms with Crippen molar-refractivity contribution in [3.63, 3.8) is 0 Å². The molecule has 0 saturated heterocycles. The van der Waals surface area contributed by atoms with E-state index in [2.05, 4.69) is 21.2 Å². The Balaban J connectivity index is 2.32. The molecular formula is C19H18FN3. The van der Waals surface area contributed by atoms with Crippen LogP contribution in [0.4, 0.5) is 4.39 Å². The SMILES string of the molecule is Cc1cnc(-c2c(C)nnc(C)c2-c2ccc(F)cc2)c(C)c1. The number of aryl methyl sites for hydroxylation is 4. The van der Waals surface area contributed by atoms with E-state index < -0.39 is 0 Å². The van der Waals surface area contributed by atoms with Crippen molar-refractivity contribution in [2.45, 2.75) is 27.7 Å². The van der Waals surface area contributed by atoms with E-state index in [9.17, 15) is 4.39 Å². The van der Waals surface area contributed by atoms with Crippen molar-refractivity contribution in [1.29, 1.82) is 0 Å². The van der Waals surface area contributed by atoms with Crippen LogP contribution in [-0.2, 0) is 0 Å². The molecule has 1 aromatic carbocycles. The number of halogens is 1. The first-order valence-corrected chi connectivity index (χ1v) is 7.51. The molecule has 3 aromatic rings. The van der Waals surface area contributed by atoms with Gasteiger partial charge < -0.3 is 0 Å². The Kier molecular flexibility index (Phi) is 3.90. The second-order valence-electron chi connectivity index (χ2n) is 5.81. The average molecular weight is 307 g/mol. The summed E-state index contributed by atoms with van der Waals surface area (Å²) in [4.78, 5) is 4.61. The minimum atomic E-state index is -0.253. The number of pyridine rings is 1. The summed E-state index contributed by atoms with van der Waals surface area (Å²) in [6.07, 6.45) is 1.85. The van der Waals surface area contributed by atoms with Gasteiger partial charge in [0.05, 0.1) is 17.1 Å². The monoisotopic (exact) mass is 307 g/mol. The first-order chi connectivity index (χ1) is 11.0. The van der Waals surface area contributed by atoms with Crippen molar-refractivity contribution in [2.75, 3.05) is 0 Å².